The van der Waals surface area contributed by atoms with Crippen molar-refractivity contribution in [1.82, 2.24) is 9.88 Å². The van der Waals surface area contributed by atoms with Gasteiger partial charge in [-0.25, -0.2) is 4.98 Å². The lowest BCUT2D eigenvalue weighted by molar-refractivity contribution is -0.0348. The maximum Gasteiger partial charge on any atom is 0.123 e. The number of aromatic nitrogens is 1. The van der Waals surface area contributed by atoms with Crippen molar-refractivity contribution in [3.8, 4) is 0 Å². The van der Waals surface area contributed by atoms with Crippen molar-refractivity contribution in [2.75, 3.05) is 25.4 Å². The number of morpholine rings is 1. The van der Waals surface area contributed by atoms with Crippen LogP contribution in [0.4, 0.5) is 5.82 Å². The van der Waals surface area contributed by atoms with Crippen LogP contribution in [0.2, 0.25) is 0 Å². The van der Waals surface area contributed by atoms with Crippen LogP contribution in [0.5, 0.6) is 0 Å². The molecule has 1 aliphatic rings. The second-order valence-corrected chi connectivity index (χ2v) is 5.49. The van der Waals surface area contributed by atoms with Gasteiger partial charge in [-0.2, -0.15) is 11.3 Å². The molecule has 19 heavy (non-hydrogen) atoms. The number of hydrogen-bond donors (Lipinski definition) is 1. The van der Waals surface area contributed by atoms with E-state index in [9.17, 15) is 0 Å². The monoisotopic (exact) mass is 275 g/mol. The molecule has 0 unspecified atom stereocenters. The van der Waals surface area contributed by atoms with E-state index in [1.807, 2.05) is 12.1 Å². The highest BCUT2D eigenvalue weighted by molar-refractivity contribution is 7.07. The van der Waals surface area contributed by atoms with E-state index in [1.54, 1.807) is 17.4 Å². The number of nitrogens with zero attached hydrogens (tertiary/aromatic N) is 2. The summed E-state index contributed by atoms with van der Waals surface area (Å²) in [4.78, 5) is 6.76. The molecule has 2 aromatic heterocycles. The maximum atomic E-state index is 5.81. The highest BCUT2D eigenvalue weighted by atomic mass is 32.1. The number of thiophene rings is 1. The van der Waals surface area contributed by atoms with E-state index in [2.05, 4.69) is 26.7 Å². The number of anilines is 1. The van der Waals surface area contributed by atoms with Crippen molar-refractivity contribution in [1.29, 1.82) is 0 Å². The molecule has 0 aliphatic carbocycles. The number of nitrogens with two attached hydrogens (primary N) is 1. The molecule has 1 saturated heterocycles. The zero-order valence-corrected chi connectivity index (χ0v) is 11.5. The topological polar surface area (TPSA) is 51.4 Å². The van der Waals surface area contributed by atoms with Crippen LogP contribution in [0.3, 0.4) is 0 Å². The Bertz CT molecular complexity index is 529. The molecule has 5 heteroatoms. The van der Waals surface area contributed by atoms with Crippen molar-refractivity contribution < 1.29 is 4.74 Å². The second-order valence-electron chi connectivity index (χ2n) is 4.71. The number of hydrogen-bond acceptors (Lipinski definition) is 5. The molecule has 1 fully saturated rings. The van der Waals surface area contributed by atoms with Crippen molar-refractivity contribution >= 4 is 17.2 Å². The first-order valence-electron chi connectivity index (χ1n) is 6.39. The summed E-state index contributed by atoms with van der Waals surface area (Å²) in [6.45, 7) is 3.55. The summed E-state index contributed by atoms with van der Waals surface area (Å²) in [5.41, 5.74) is 8.02. The lowest BCUT2D eigenvalue weighted by Gasteiger charge is -2.32. The Hall–Kier alpha value is -1.43. The quantitative estimate of drug-likeness (QED) is 0.934. The normalized spacial score (nSPS) is 20.5. The Morgan fingerprint density at radius 1 is 1.42 bits per heavy atom. The second kappa shape index (κ2) is 5.69. The highest BCUT2D eigenvalue weighted by Crippen LogP contribution is 2.22. The number of nitrogen functional groups attached to an aromatic ring is 1. The minimum absolute atomic E-state index is 0.0240. The third kappa shape index (κ3) is 3.12. The van der Waals surface area contributed by atoms with Crippen LogP contribution in [0.25, 0.3) is 0 Å². The molecule has 0 saturated carbocycles. The highest BCUT2D eigenvalue weighted by Gasteiger charge is 2.23. The fourth-order valence-electron chi connectivity index (χ4n) is 2.31. The third-order valence-electron chi connectivity index (χ3n) is 3.26. The minimum Gasteiger partial charge on any atom is -0.384 e. The molecule has 0 spiro atoms. The predicted octanol–water partition coefficient (Wildman–Crippen LogP) is 2.30. The summed E-state index contributed by atoms with van der Waals surface area (Å²) >= 11 is 1.74. The first-order valence-corrected chi connectivity index (χ1v) is 7.33. The van der Waals surface area contributed by atoms with Gasteiger partial charge in [-0.3, -0.25) is 4.90 Å². The summed E-state index contributed by atoms with van der Waals surface area (Å²) in [6, 6.07) is 7.89. The van der Waals surface area contributed by atoms with Crippen LogP contribution >= 0.6 is 11.3 Å². The van der Waals surface area contributed by atoms with E-state index in [4.69, 9.17) is 10.5 Å². The van der Waals surface area contributed by atoms with E-state index in [0.29, 0.717) is 5.82 Å². The molecule has 0 radical (unpaired) electrons. The molecule has 2 aromatic rings. The zero-order chi connectivity index (χ0) is 13.1. The summed E-state index contributed by atoms with van der Waals surface area (Å²) in [5, 5.41) is 4.32. The van der Waals surface area contributed by atoms with Crippen molar-refractivity contribution in [2.24, 2.45) is 0 Å². The summed E-state index contributed by atoms with van der Waals surface area (Å²) in [6.07, 6.45) is 0.0240. The lowest BCUT2D eigenvalue weighted by atomic mass is 10.1. The van der Waals surface area contributed by atoms with Gasteiger partial charge in [0.2, 0.25) is 0 Å². The van der Waals surface area contributed by atoms with Crippen molar-refractivity contribution in [3.05, 3.63) is 46.3 Å². The van der Waals surface area contributed by atoms with Gasteiger partial charge < -0.3 is 10.5 Å². The molecular formula is C14H17N3OS. The van der Waals surface area contributed by atoms with Gasteiger partial charge in [0.15, 0.2) is 0 Å². The number of rotatable bonds is 3. The van der Waals surface area contributed by atoms with Crippen LogP contribution in [-0.2, 0) is 11.3 Å². The van der Waals surface area contributed by atoms with Gasteiger partial charge >= 0.3 is 0 Å². The Morgan fingerprint density at radius 3 is 3.16 bits per heavy atom. The smallest absolute Gasteiger partial charge is 0.123 e. The molecule has 2 N–H and O–H groups in total. The van der Waals surface area contributed by atoms with Crippen molar-refractivity contribution in [2.45, 2.75) is 12.6 Å². The van der Waals surface area contributed by atoms with Gasteiger partial charge in [-0.15, -0.1) is 0 Å². The Balaban J connectivity index is 1.67. The molecule has 3 heterocycles. The Kier molecular flexibility index (Phi) is 3.77. The van der Waals surface area contributed by atoms with Gasteiger partial charge in [0.1, 0.15) is 11.9 Å². The van der Waals surface area contributed by atoms with Gasteiger partial charge in [0, 0.05) is 19.6 Å². The van der Waals surface area contributed by atoms with Gasteiger partial charge in [-0.1, -0.05) is 6.07 Å². The molecule has 100 valence electrons. The molecule has 1 aliphatic heterocycles. The van der Waals surface area contributed by atoms with Crippen LogP contribution < -0.4 is 5.73 Å². The molecule has 0 aromatic carbocycles. The average molecular weight is 275 g/mol. The predicted molar refractivity (Wildman–Crippen MR) is 76.9 cm³/mol. The largest absolute Gasteiger partial charge is 0.384 e. The van der Waals surface area contributed by atoms with E-state index in [1.165, 1.54) is 5.56 Å². The van der Waals surface area contributed by atoms with Crippen LogP contribution in [0.15, 0.2) is 35.0 Å². The summed E-state index contributed by atoms with van der Waals surface area (Å²) in [7, 11) is 0. The fraction of sp³-hybridized carbons (Fsp3) is 0.357. The van der Waals surface area contributed by atoms with Crippen LogP contribution in [-0.4, -0.2) is 29.6 Å². The van der Waals surface area contributed by atoms with E-state index in [-0.39, 0.29) is 6.10 Å². The SMILES string of the molecule is Nc1cccc([C@H]2CN(Cc3ccsc3)CCO2)n1. The summed E-state index contributed by atoms with van der Waals surface area (Å²) < 4.78 is 5.81. The molecule has 3 rings (SSSR count). The van der Waals surface area contributed by atoms with Gasteiger partial charge in [-0.05, 0) is 34.5 Å². The number of ether oxygens (including phenoxy) is 1. The Labute approximate surface area is 116 Å². The van der Waals surface area contributed by atoms with Crippen LogP contribution in [0.1, 0.15) is 17.4 Å². The van der Waals surface area contributed by atoms with E-state index >= 15 is 0 Å². The third-order valence-corrected chi connectivity index (χ3v) is 3.99. The minimum atomic E-state index is 0.0240. The van der Waals surface area contributed by atoms with Crippen LogP contribution in [0, 0.1) is 0 Å². The first kappa shape index (κ1) is 12.6. The van der Waals surface area contributed by atoms with E-state index < -0.39 is 0 Å². The van der Waals surface area contributed by atoms with E-state index in [0.717, 1.165) is 31.9 Å². The summed E-state index contributed by atoms with van der Waals surface area (Å²) in [5.74, 6) is 0.552. The standard InChI is InChI=1S/C14H17N3OS/c15-14-3-1-2-12(16-14)13-9-17(5-6-18-13)8-11-4-7-19-10-11/h1-4,7,10,13H,5-6,8-9H2,(H2,15,16)/t13-/m1/s1. The first-order chi connectivity index (χ1) is 9.31. The molecule has 4 nitrogen and oxygen atoms in total. The van der Waals surface area contributed by atoms with Gasteiger partial charge in [0.25, 0.3) is 0 Å². The van der Waals surface area contributed by atoms with Crippen molar-refractivity contribution in [3.63, 3.8) is 0 Å². The molecule has 1 atom stereocenters. The Morgan fingerprint density at radius 2 is 2.37 bits per heavy atom. The molecular weight excluding hydrogens is 258 g/mol. The van der Waals surface area contributed by atoms with Gasteiger partial charge in [0.05, 0.1) is 12.3 Å². The number of pyridine rings is 1. The lowest BCUT2D eigenvalue weighted by Crippen LogP contribution is -2.38. The zero-order valence-electron chi connectivity index (χ0n) is 10.7. The molecule has 0 bridgehead atoms. The average Bonchev–Trinajstić information content (AvgIpc) is 2.92. The maximum absolute atomic E-state index is 5.81. The molecule has 0 amide bonds. The fourth-order valence-corrected chi connectivity index (χ4v) is 2.97.